The van der Waals surface area contributed by atoms with Crippen molar-refractivity contribution >= 4 is 35.4 Å². The van der Waals surface area contributed by atoms with E-state index < -0.39 is 16.2 Å². The normalized spacial score (nSPS) is 26.7. The molecule has 3 aromatic rings. The van der Waals surface area contributed by atoms with Crippen LogP contribution < -0.4 is 16.0 Å². The predicted molar refractivity (Wildman–Crippen MR) is 214 cm³/mol. The molecule has 0 saturated carbocycles. The van der Waals surface area contributed by atoms with Crippen LogP contribution in [0.25, 0.3) is 0 Å². The number of hydrogen-bond donors (Lipinski definition) is 3. The molecule has 6 fully saturated rings. The summed E-state index contributed by atoms with van der Waals surface area (Å²) in [5.74, 6) is -0.422. The Labute approximate surface area is 336 Å². The molecule has 6 heterocycles. The van der Waals surface area contributed by atoms with E-state index in [0.29, 0.717) is 107 Å². The summed E-state index contributed by atoms with van der Waals surface area (Å²) in [7, 11) is 0. The van der Waals surface area contributed by atoms with Gasteiger partial charge in [0.05, 0.1) is 20.4 Å². The molecule has 6 amide bonds. The summed E-state index contributed by atoms with van der Waals surface area (Å²) in [6.45, 7) is 14.4. The number of rotatable bonds is 3. The van der Waals surface area contributed by atoms with Crippen molar-refractivity contribution in [3.63, 3.8) is 0 Å². The van der Waals surface area contributed by atoms with Crippen LogP contribution in [0.5, 0.6) is 0 Å². The second kappa shape index (κ2) is 15.7. The highest BCUT2D eigenvalue weighted by Crippen LogP contribution is 2.42. The zero-order chi connectivity index (χ0) is 43.0. The Morgan fingerprint density at radius 2 is 0.895 bits per heavy atom. The highest BCUT2D eigenvalue weighted by Gasteiger charge is 2.52. The number of benzene rings is 3. The number of nitrogens with zero attached hydrogens (tertiary/aromatic N) is 3. The molecule has 0 aliphatic carbocycles. The molecule has 0 aromatic heterocycles. The van der Waals surface area contributed by atoms with E-state index in [0.717, 1.165) is 17.1 Å². The van der Waals surface area contributed by atoms with Gasteiger partial charge in [0.2, 0.25) is 17.7 Å². The van der Waals surface area contributed by atoms with Crippen molar-refractivity contribution in [3.05, 3.63) is 144 Å². The molecule has 3 atom stereocenters. The van der Waals surface area contributed by atoms with Gasteiger partial charge in [0.1, 0.15) is 0 Å². The summed E-state index contributed by atoms with van der Waals surface area (Å²) in [4.78, 5) is 78.4. The quantitative estimate of drug-likeness (QED) is 0.353. The average Bonchev–Trinajstić information content (AvgIpc) is 4.07. The minimum Gasteiger partial charge on any atom is -0.338 e. The number of amides is 6. The minimum atomic E-state index is -0.510. The first-order valence-electron chi connectivity index (χ1n) is 20.6. The fourth-order valence-corrected chi connectivity index (χ4v) is 8.72. The summed E-state index contributed by atoms with van der Waals surface area (Å²) in [6.07, 6.45) is 3.82. The number of carbonyl (C=O) groups is 6. The molecular weight excluding hydrogens is 721 g/mol. The number of allylic oxidation sites excluding steroid dienone is 3. The predicted octanol–water partition coefficient (Wildman–Crippen LogP) is 4.66. The second-order valence-electron chi connectivity index (χ2n) is 15.8. The standard InChI is InChI=1S/3C15H16N2O2/c3*1-11-9-15(14(19)16-11)7-8-17(10-15)13(18)12-5-3-2-4-6-12/h3*2-6H,1,7-10H2,(H,16,19)/i5T;3T;2T. The zero-order valence-corrected chi connectivity index (χ0v) is 31.8. The van der Waals surface area contributed by atoms with Crippen molar-refractivity contribution in [3.8, 4) is 0 Å². The lowest BCUT2D eigenvalue weighted by Gasteiger charge is -2.20. The molecule has 6 aliphatic heterocycles. The van der Waals surface area contributed by atoms with Crippen molar-refractivity contribution in [1.29, 1.82) is 0 Å². The molecule has 57 heavy (non-hydrogen) atoms. The molecule has 12 heteroatoms. The number of hydrogen-bond acceptors (Lipinski definition) is 6. The third-order valence-corrected chi connectivity index (χ3v) is 11.8. The molecule has 12 nitrogen and oxygen atoms in total. The fraction of sp³-hybridized carbons (Fsp3) is 0.333. The number of carbonyl (C=O) groups excluding carboxylic acids is 6. The Bertz CT molecular complexity index is 2330. The van der Waals surface area contributed by atoms with Crippen LogP contribution in [0, 0.1) is 16.2 Å². The van der Waals surface area contributed by atoms with Gasteiger partial charge in [-0.15, -0.1) is 0 Å². The smallest absolute Gasteiger partial charge is 0.253 e. The van der Waals surface area contributed by atoms with Crippen LogP contribution in [0.3, 0.4) is 0 Å². The lowest BCUT2D eigenvalue weighted by atomic mass is 9.85. The van der Waals surface area contributed by atoms with Crippen LogP contribution in [0.15, 0.2) is 128 Å². The molecular formula is C45H48N6O6. The van der Waals surface area contributed by atoms with Gasteiger partial charge in [0.25, 0.3) is 17.7 Å². The fourth-order valence-electron chi connectivity index (χ4n) is 8.72. The second-order valence-corrected chi connectivity index (χ2v) is 15.8. The molecule has 294 valence electrons. The van der Waals surface area contributed by atoms with Gasteiger partial charge >= 0.3 is 0 Å². The van der Waals surface area contributed by atoms with Crippen LogP contribution >= 0.6 is 0 Å². The van der Waals surface area contributed by atoms with E-state index in [2.05, 4.69) is 35.7 Å². The minimum absolute atomic E-state index is 0.0145. The SMILES string of the molecule is [3H]c1ccc(C(=O)N2CCC3(CC(=C)NC3=O)C2)cc1.[3H]c1cccc(C(=O)N2CCC3(CC(=C)NC3=O)C2)c1.[3H]c1ccccc1C(=O)N1CCC2(CC(=C)NC2=O)C1. The molecule has 6 aliphatic rings. The highest BCUT2D eigenvalue weighted by atomic mass is 16.2. The Hall–Kier alpha value is -6.30. The van der Waals surface area contributed by atoms with Crippen molar-refractivity contribution in [2.45, 2.75) is 38.5 Å². The van der Waals surface area contributed by atoms with Gasteiger partial charge in [0, 0.05) is 92.3 Å². The maximum Gasteiger partial charge on any atom is 0.253 e. The molecule has 3 N–H and O–H groups in total. The van der Waals surface area contributed by atoms with Crippen LogP contribution in [0.4, 0.5) is 0 Å². The zero-order valence-electron chi connectivity index (χ0n) is 34.8. The first kappa shape index (κ1) is 35.1. The summed E-state index contributed by atoms with van der Waals surface area (Å²) in [6, 6.07) is 20.8. The Balaban J connectivity index is 0.000000136. The molecule has 3 aromatic carbocycles. The topological polar surface area (TPSA) is 148 Å². The van der Waals surface area contributed by atoms with E-state index in [9.17, 15) is 28.8 Å². The number of nitrogens with one attached hydrogen (secondary N) is 3. The van der Waals surface area contributed by atoms with Gasteiger partial charge < -0.3 is 30.7 Å². The highest BCUT2D eigenvalue weighted by molar-refractivity contribution is 5.98. The van der Waals surface area contributed by atoms with E-state index in [1.165, 1.54) is 0 Å². The maximum absolute atomic E-state index is 12.4. The summed E-state index contributed by atoms with van der Waals surface area (Å²) in [5.41, 5.74) is 2.17. The van der Waals surface area contributed by atoms with Gasteiger partial charge in [-0.05, 0) is 55.6 Å². The monoisotopic (exact) mass is 774 g/mol. The Kier molecular flexibility index (Phi) is 9.67. The van der Waals surface area contributed by atoms with Gasteiger partial charge in [-0.3, -0.25) is 28.8 Å². The van der Waals surface area contributed by atoms with Crippen LogP contribution in [-0.4, -0.2) is 89.4 Å². The molecule has 6 saturated heterocycles. The van der Waals surface area contributed by atoms with Crippen LogP contribution in [0.1, 0.15) is 73.7 Å². The van der Waals surface area contributed by atoms with E-state index >= 15 is 0 Å². The molecule has 0 bridgehead atoms. The van der Waals surface area contributed by atoms with Gasteiger partial charge in [-0.25, -0.2) is 0 Å². The summed E-state index contributed by atoms with van der Waals surface area (Å²) < 4.78 is 22.8. The lowest BCUT2D eigenvalue weighted by Crippen LogP contribution is -2.36. The van der Waals surface area contributed by atoms with Gasteiger partial charge in [-0.2, -0.15) is 0 Å². The van der Waals surface area contributed by atoms with Crippen molar-refractivity contribution in [1.82, 2.24) is 30.7 Å². The van der Waals surface area contributed by atoms with E-state index in [-0.39, 0.29) is 41.5 Å². The third-order valence-electron chi connectivity index (χ3n) is 11.8. The first-order chi connectivity index (χ1) is 28.5. The third kappa shape index (κ3) is 7.89. The number of likely N-dealkylation sites (tertiary alicyclic amines) is 3. The average molecular weight is 775 g/mol. The Morgan fingerprint density at radius 1 is 0.509 bits per heavy atom. The lowest BCUT2D eigenvalue weighted by molar-refractivity contribution is -0.127. The van der Waals surface area contributed by atoms with E-state index in [1.807, 2.05) is 0 Å². The molecule has 3 unspecified atom stereocenters. The molecule has 9 rings (SSSR count). The van der Waals surface area contributed by atoms with E-state index in [1.54, 1.807) is 87.5 Å². The van der Waals surface area contributed by atoms with Crippen LogP contribution in [-0.2, 0) is 14.4 Å². The van der Waals surface area contributed by atoms with Crippen molar-refractivity contribution in [2.75, 3.05) is 39.3 Å². The van der Waals surface area contributed by atoms with Gasteiger partial charge in [-0.1, -0.05) is 74.3 Å². The molecule has 3 spiro atoms. The summed E-state index contributed by atoms with van der Waals surface area (Å²) in [5, 5.41) is 8.27. The first-order valence-corrected chi connectivity index (χ1v) is 19.1. The van der Waals surface area contributed by atoms with Crippen molar-refractivity contribution < 1.29 is 32.9 Å². The Morgan fingerprint density at radius 3 is 1.30 bits per heavy atom. The van der Waals surface area contributed by atoms with Crippen LogP contribution in [0.2, 0.25) is 0 Å². The summed E-state index contributed by atoms with van der Waals surface area (Å²) >= 11 is 0. The van der Waals surface area contributed by atoms with Crippen molar-refractivity contribution in [2.24, 2.45) is 16.2 Å². The largest absolute Gasteiger partial charge is 0.338 e. The molecule has 0 radical (unpaired) electrons. The van der Waals surface area contributed by atoms with E-state index in [4.69, 9.17) is 4.11 Å². The maximum atomic E-state index is 12.4. The van der Waals surface area contributed by atoms with Gasteiger partial charge in [0.15, 0.2) is 0 Å².